The molecule has 3 rings (SSSR count). The van der Waals surface area contributed by atoms with Gasteiger partial charge in [-0.05, 0) is 56.3 Å². The van der Waals surface area contributed by atoms with Crippen LogP contribution in [0.4, 0.5) is 0 Å². The van der Waals surface area contributed by atoms with Gasteiger partial charge in [0.2, 0.25) is 0 Å². The van der Waals surface area contributed by atoms with E-state index in [1.165, 1.54) is 0 Å². The Kier molecular flexibility index (Phi) is 3.64. The fourth-order valence-electron chi connectivity index (χ4n) is 2.64. The van der Waals surface area contributed by atoms with Crippen molar-refractivity contribution in [3.63, 3.8) is 0 Å². The maximum atomic E-state index is 12.8. The number of rotatable bonds is 4. The van der Waals surface area contributed by atoms with Crippen molar-refractivity contribution in [3.05, 3.63) is 40.3 Å². The van der Waals surface area contributed by atoms with E-state index >= 15 is 0 Å². The van der Waals surface area contributed by atoms with Gasteiger partial charge in [0, 0.05) is 17.5 Å². The number of fused-ring (bicyclic) bond motifs is 1. The SMILES string of the molecule is COc1ccc2c(=O)n(C3CC3)c(C(=O)NC(C)C)cc2c1. The van der Waals surface area contributed by atoms with Crippen LogP contribution in [0, 0.1) is 0 Å². The molecule has 0 saturated heterocycles. The summed E-state index contributed by atoms with van der Waals surface area (Å²) in [6.07, 6.45) is 1.90. The van der Waals surface area contributed by atoms with Crippen molar-refractivity contribution in [1.82, 2.24) is 9.88 Å². The van der Waals surface area contributed by atoms with Gasteiger partial charge in [0.1, 0.15) is 11.4 Å². The largest absolute Gasteiger partial charge is 0.497 e. The van der Waals surface area contributed by atoms with Crippen LogP contribution in [0.2, 0.25) is 0 Å². The highest BCUT2D eigenvalue weighted by atomic mass is 16.5. The molecule has 1 N–H and O–H groups in total. The Morgan fingerprint density at radius 2 is 2.05 bits per heavy atom. The molecule has 1 fully saturated rings. The van der Waals surface area contributed by atoms with Gasteiger partial charge in [-0.1, -0.05) is 0 Å². The van der Waals surface area contributed by atoms with Crippen molar-refractivity contribution < 1.29 is 9.53 Å². The van der Waals surface area contributed by atoms with E-state index in [9.17, 15) is 9.59 Å². The third-order valence-electron chi connectivity index (χ3n) is 3.82. The van der Waals surface area contributed by atoms with Gasteiger partial charge in [-0.2, -0.15) is 0 Å². The smallest absolute Gasteiger partial charge is 0.268 e. The minimum atomic E-state index is -0.205. The predicted octanol–water partition coefficient (Wildman–Crippen LogP) is 2.48. The number of hydrogen-bond acceptors (Lipinski definition) is 3. The topological polar surface area (TPSA) is 60.3 Å². The van der Waals surface area contributed by atoms with Crippen molar-refractivity contribution in [2.45, 2.75) is 38.8 Å². The van der Waals surface area contributed by atoms with E-state index in [-0.39, 0.29) is 23.6 Å². The summed E-state index contributed by atoms with van der Waals surface area (Å²) in [6, 6.07) is 7.28. The lowest BCUT2D eigenvalue weighted by atomic mass is 10.1. The summed E-state index contributed by atoms with van der Waals surface area (Å²) in [7, 11) is 1.58. The molecule has 0 unspecified atom stereocenters. The fourth-order valence-corrected chi connectivity index (χ4v) is 2.64. The maximum Gasteiger partial charge on any atom is 0.268 e. The zero-order chi connectivity index (χ0) is 15.9. The summed E-state index contributed by atoms with van der Waals surface area (Å²) in [5, 5.41) is 4.22. The molecule has 1 saturated carbocycles. The van der Waals surface area contributed by atoms with Crippen molar-refractivity contribution in [2.24, 2.45) is 0 Å². The van der Waals surface area contributed by atoms with Crippen LogP contribution in [0.25, 0.3) is 10.8 Å². The minimum Gasteiger partial charge on any atom is -0.497 e. The van der Waals surface area contributed by atoms with E-state index in [0.717, 1.165) is 18.2 Å². The number of nitrogens with one attached hydrogen (secondary N) is 1. The molecule has 2 aromatic rings. The van der Waals surface area contributed by atoms with Gasteiger partial charge in [-0.25, -0.2) is 0 Å². The monoisotopic (exact) mass is 300 g/mol. The zero-order valence-electron chi connectivity index (χ0n) is 13.1. The van der Waals surface area contributed by atoms with Gasteiger partial charge in [-0.15, -0.1) is 0 Å². The maximum absolute atomic E-state index is 12.8. The quantitative estimate of drug-likeness (QED) is 0.943. The number of aromatic nitrogens is 1. The van der Waals surface area contributed by atoms with Crippen LogP contribution in [-0.2, 0) is 0 Å². The highest BCUT2D eigenvalue weighted by Gasteiger charge is 2.29. The number of ether oxygens (including phenoxy) is 1. The fraction of sp³-hybridized carbons (Fsp3) is 0.412. The number of pyridine rings is 1. The highest BCUT2D eigenvalue weighted by molar-refractivity contribution is 5.97. The number of methoxy groups -OCH3 is 1. The van der Waals surface area contributed by atoms with Crippen LogP contribution in [0.5, 0.6) is 5.75 Å². The second kappa shape index (κ2) is 5.48. The van der Waals surface area contributed by atoms with Gasteiger partial charge in [-0.3, -0.25) is 9.59 Å². The first kappa shape index (κ1) is 14.6. The Morgan fingerprint density at radius 3 is 2.64 bits per heavy atom. The van der Waals surface area contributed by atoms with E-state index in [1.807, 2.05) is 13.8 Å². The van der Waals surface area contributed by atoms with Crippen LogP contribution < -0.4 is 15.6 Å². The number of carbonyl (C=O) groups excluding carboxylic acids is 1. The summed E-state index contributed by atoms with van der Waals surface area (Å²) < 4.78 is 6.85. The third-order valence-corrected chi connectivity index (χ3v) is 3.82. The molecule has 1 amide bonds. The second-order valence-electron chi connectivity index (χ2n) is 6.02. The molecule has 0 spiro atoms. The number of amides is 1. The molecule has 22 heavy (non-hydrogen) atoms. The Bertz CT molecular complexity index is 788. The predicted molar refractivity (Wildman–Crippen MR) is 85.6 cm³/mol. The molecule has 1 aliphatic carbocycles. The van der Waals surface area contributed by atoms with Crippen LogP contribution >= 0.6 is 0 Å². The minimum absolute atomic E-state index is 0.0243. The normalized spacial score (nSPS) is 14.4. The Hall–Kier alpha value is -2.30. The summed E-state index contributed by atoms with van der Waals surface area (Å²) in [5.74, 6) is 0.468. The van der Waals surface area contributed by atoms with Gasteiger partial charge in [0.15, 0.2) is 0 Å². The molecular formula is C17H20N2O3. The molecule has 0 atom stereocenters. The lowest BCUT2D eigenvalue weighted by molar-refractivity contribution is 0.0932. The lowest BCUT2D eigenvalue weighted by Crippen LogP contribution is -2.35. The molecule has 1 aliphatic rings. The van der Waals surface area contributed by atoms with E-state index in [4.69, 9.17) is 4.74 Å². The van der Waals surface area contributed by atoms with Crippen molar-refractivity contribution in [2.75, 3.05) is 7.11 Å². The van der Waals surface area contributed by atoms with Gasteiger partial charge in [0.05, 0.1) is 7.11 Å². The Morgan fingerprint density at radius 1 is 1.32 bits per heavy atom. The van der Waals surface area contributed by atoms with Crippen LogP contribution in [0.3, 0.4) is 0 Å². The third kappa shape index (κ3) is 2.58. The summed E-state index contributed by atoms with van der Waals surface area (Å²) >= 11 is 0. The molecule has 0 radical (unpaired) electrons. The average Bonchev–Trinajstić information content (AvgIpc) is 3.30. The molecule has 1 aromatic heterocycles. The van der Waals surface area contributed by atoms with Crippen LogP contribution in [0.1, 0.15) is 43.2 Å². The standard InChI is InChI=1S/C17H20N2O3/c1-10(2)18-16(20)15-9-11-8-13(22-3)6-7-14(11)17(21)19(15)12-4-5-12/h6-10,12H,4-5H2,1-3H3,(H,18,20). The molecular weight excluding hydrogens is 280 g/mol. The summed E-state index contributed by atoms with van der Waals surface area (Å²) in [4.78, 5) is 25.2. The summed E-state index contributed by atoms with van der Waals surface area (Å²) in [6.45, 7) is 3.81. The molecule has 5 nitrogen and oxygen atoms in total. The number of nitrogens with zero attached hydrogens (tertiary/aromatic N) is 1. The van der Waals surface area contributed by atoms with Crippen LogP contribution in [0.15, 0.2) is 29.1 Å². The lowest BCUT2D eigenvalue weighted by Gasteiger charge is -2.15. The van der Waals surface area contributed by atoms with Crippen molar-refractivity contribution in [3.8, 4) is 5.75 Å². The number of carbonyl (C=O) groups is 1. The average molecular weight is 300 g/mol. The molecule has 116 valence electrons. The van der Waals surface area contributed by atoms with Gasteiger partial charge < -0.3 is 14.6 Å². The van der Waals surface area contributed by atoms with E-state index in [0.29, 0.717) is 16.8 Å². The molecule has 0 aliphatic heterocycles. The van der Waals surface area contributed by atoms with E-state index < -0.39 is 0 Å². The molecule has 0 bridgehead atoms. The van der Waals surface area contributed by atoms with Gasteiger partial charge in [0.25, 0.3) is 11.5 Å². The van der Waals surface area contributed by atoms with Crippen molar-refractivity contribution >= 4 is 16.7 Å². The van der Waals surface area contributed by atoms with Gasteiger partial charge >= 0.3 is 0 Å². The van der Waals surface area contributed by atoms with E-state index in [2.05, 4.69) is 5.32 Å². The van der Waals surface area contributed by atoms with Crippen molar-refractivity contribution in [1.29, 1.82) is 0 Å². The first-order chi connectivity index (χ1) is 10.5. The first-order valence-electron chi connectivity index (χ1n) is 7.55. The zero-order valence-corrected chi connectivity index (χ0v) is 13.1. The molecule has 1 heterocycles. The Labute approximate surface area is 128 Å². The van der Waals surface area contributed by atoms with Crippen LogP contribution in [-0.4, -0.2) is 23.6 Å². The molecule has 5 heteroatoms. The molecule has 1 aromatic carbocycles. The number of hydrogen-bond donors (Lipinski definition) is 1. The van der Waals surface area contributed by atoms with E-state index in [1.54, 1.807) is 35.9 Å². The highest BCUT2D eigenvalue weighted by Crippen LogP contribution is 2.35. The Balaban J connectivity index is 2.21. The summed E-state index contributed by atoms with van der Waals surface area (Å²) in [5.41, 5.74) is 0.332. The number of benzene rings is 1. The second-order valence-corrected chi connectivity index (χ2v) is 6.02. The first-order valence-corrected chi connectivity index (χ1v) is 7.55.